The largest absolute Gasteiger partial charge is 0.391 e. The smallest absolute Gasteiger partial charge is 0.366 e. The summed E-state index contributed by atoms with van der Waals surface area (Å²) in [6, 6.07) is 9.05. The highest BCUT2D eigenvalue weighted by Gasteiger charge is 2.35. The first-order chi connectivity index (χ1) is 18.7. The molecule has 2 N–H and O–H groups in total. The summed E-state index contributed by atoms with van der Waals surface area (Å²) in [6.45, 7) is 4.66. The van der Waals surface area contributed by atoms with Crippen molar-refractivity contribution in [3.63, 3.8) is 0 Å². The molecule has 4 aromatic rings. The number of alkyl halides is 3. The van der Waals surface area contributed by atoms with Crippen molar-refractivity contribution < 1.29 is 30.8 Å². The van der Waals surface area contributed by atoms with Crippen molar-refractivity contribution >= 4 is 26.6 Å². The minimum absolute atomic E-state index is 0.0110. The van der Waals surface area contributed by atoms with Gasteiger partial charge in [0.1, 0.15) is 11.6 Å². The fourth-order valence-corrected chi connectivity index (χ4v) is 5.78. The predicted molar refractivity (Wildman–Crippen MR) is 143 cm³/mol. The van der Waals surface area contributed by atoms with Gasteiger partial charge in [-0.2, -0.15) is 13.2 Å². The number of halogens is 4. The minimum Gasteiger partial charge on any atom is -0.366 e. The molecule has 1 unspecified atom stereocenters. The van der Waals surface area contributed by atoms with E-state index in [1.165, 1.54) is 18.2 Å². The third kappa shape index (κ3) is 5.72. The highest BCUT2D eigenvalue weighted by atomic mass is 32.2. The molecule has 40 heavy (non-hydrogen) atoms. The molecule has 0 bridgehead atoms. The Bertz CT molecular complexity index is 1660. The first kappa shape index (κ1) is 29.2. The summed E-state index contributed by atoms with van der Waals surface area (Å²) >= 11 is 0. The molecule has 3 aromatic heterocycles. The van der Waals surface area contributed by atoms with Gasteiger partial charge in [0.25, 0.3) is 5.91 Å². The molecular weight excluding hydrogens is 548 g/mol. The number of aryl methyl sites for hydroxylation is 2. The van der Waals surface area contributed by atoms with Gasteiger partial charge in [-0.15, -0.1) is 0 Å². The molecule has 12 heteroatoms. The Hall–Kier alpha value is -3.80. The predicted octanol–water partition coefficient (Wildman–Crippen LogP) is 5.95. The molecule has 0 spiro atoms. The quantitative estimate of drug-likeness (QED) is 0.248. The summed E-state index contributed by atoms with van der Waals surface area (Å²) < 4.78 is 80.4. The number of carbonyl (C=O) groups excluding carboxylic acids is 1. The molecule has 0 aliphatic heterocycles. The molecular formula is C28H28F4N4O3S. The zero-order valence-electron chi connectivity index (χ0n) is 22.1. The number of primary amides is 1. The van der Waals surface area contributed by atoms with Crippen LogP contribution in [0.4, 0.5) is 17.6 Å². The van der Waals surface area contributed by atoms with Crippen LogP contribution >= 0.6 is 0 Å². The monoisotopic (exact) mass is 576 g/mol. The number of nitrogens with zero attached hydrogens (tertiary/aromatic N) is 3. The molecule has 0 aliphatic rings. The molecule has 212 valence electrons. The molecule has 0 saturated heterocycles. The number of benzene rings is 1. The Morgan fingerprint density at radius 2 is 1.82 bits per heavy atom. The second-order valence-electron chi connectivity index (χ2n) is 9.71. The number of aromatic nitrogens is 3. The zero-order valence-corrected chi connectivity index (χ0v) is 22.9. The second-order valence-corrected chi connectivity index (χ2v) is 11.8. The summed E-state index contributed by atoms with van der Waals surface area (Å²) in [5, 5.41) is 0.247. The number of sulfone groups is 1. The van der Waals surface area contributed by atoms with Crippen molar-refractivity contribution in [1.82, 2.24) is 14.5 Å². The molecule has 4 rings (SSSR count). The molecule has 1 aromatic carbocycles. The number of nitrogens with two attached hydrogens (primary N) is 1. The van der Waals surface area contributed by atoms with E-state index in [1.54, 1.807) is 29.8 Å². The average Bonchev–Trinajstić information content (AvgIpc) is 3.22. The van der Waals surface area contributed by atoms with E-state index in [2.05, 4.69) is 9.97 Å². The Balaban J connectivity index is 1.82. The standard InChI is InChI=1S/C28H28F4N4O3S/c1-4-18-12-23-20(13-21(18)29)25(27(33)37)26(36(23)24-10-7-16(2)14-35-24)22-9-8-19(15-34-22)40(38,39)11-5-6-17(3)28(30,31)32/h7-10,12-15,17H,4-6,11H2,1-3H3,(H2,33,37). The van der Waals surface area contributed by atoms with E-state index in [9.17, 15) is 30.8 Å². The normalized spacial score (nSPS) is 13.1. The number of carbonyl (C=O) groups is 1. The van der Waals surface area contributed by atoms with Crippen LogP contribution in [-0.4, -0.2) is 40.8 Å². The Morgan fingerprint density at radius 1 is 1.10 bits per heavy atom. The van der Waals surface area contributed by atoms with Crippen LogP contribution in [0.2, 0.25) is 0 Å². The number of amides is 1. The number of hydrogen-bond acceptors (Lipinski definition) is 5. The first-order valence-electron chi connectivity index (χ1n) is 12.6. The Labute approximate surface area is 229 Å². The summed E-state index contributed by atoms with van der Waals surface area (Å²) in [7, 11) is -3.92. The fraction of sp³-hybridized carbons (Fsp3) is 0.321. The minimum atomic E-state index is -4.39. The summed E-state index contributed by atoms with van der Waals surface area (Å²) in [4.78, 5) is 21.3. The molecule has 0 fully saturated rings. The van der Waals surface area contributed by atoms with Gasteiger partial charge in [-0.1, -0.05) is 19.9 Å². The average molecular weight is 577 g/mol. The van der Waals surface area contributed by atoms with Gasteiger partial charge in [0.05, 0.1) is 39.0 Å². The number of rotatable bonds is 9. The topological polar surface area (TPSA) is 108 Å². The van der Waals surface area contributed by atoms with E-state index in [4.69, 9.17) is 5.73 Å². The van der Waals surface area contributed by atoms with Gasteiger partial charge >= 0.3 is 6.18 Å². The van der Waals surface area contributed by atoms with Crippen molar-refractivity contribution in [2.24, 2.45) is 11.7 Å². The molecule has 0 radical (unpaired) electrons. The van der Waals surface area contributed by atoms with Crippen LogP contribution in [0.3, 0.4) is 0 Å². The molecule has 3 heterocycles. The van der Waals surface area contributed by atoms with Crippen LogP contribution in [-0.2, 0) is 16.3 Å². The lowest BCUT2D eigenvalue weighted by molar-refractivity contribution is -0.171. The van der Waals surface area contributed by atoms with Crippen LogP contribution in [0.25, 0.3) is 28.1 Å². The highest BCUT2D eigenvalue weighted by Crippen LogP contribution is 2.37. The van der Waals surface area contributed by atoms with Crippen molar-refractivity contribution in [3.05, 3.63) is 71.3 Å². The SMILES string of the molecule is CCc1cc2c(cc1F)c(C(N)=O)c(-c1ccc(S(=O)(=O)CCCC(C)C(F)(F)F)cn1)n2-c1ccc(C)cn1. The van der Waals surface area contributed by atoms with Gasteiger partial charge in [-0.25, -0.2) is 17.8 Å². The lowest BCUT2D eigenvalue weighted by Gasteiger charge is -2.15. The fourth-order valence-electron chi connectivity index (χ4n) is 4.51. The van der Waals surface area contributed by atoms with Crippen molar-refractivity contribution in [1.29, 1.82) is 0 Å². The van der Waals surface area contributed by atoms with Crippen LogP contribution in [0.5, 0.6) is 0 Å². The third-order valence-electron chi connectivity index (χ3n) is 6.83. The Kier molecular flexibility index (Phi) is 8.02. The summed E-state index contributed by atoms with van der Waals surface area (Å²) in [5.74, 6) is -3.04. The van der Waals surface area contributed by atoms with E-state index < -0.39 is 39.4 Å². The molecule has 0 saturated carbocycles. The first-order valence-corrected chi connectivity index (χ1v) is 14.2. The van der Waals surface area contributed by atoms with Gasteiger partial charge in [0, 0.05) is 17.8 Å². The van der Waals surface area contributed by atoms with Gasteiger partial charge in [-0.05, 0) is 67.6 Å². The van der Waals surface area contributed by atoms with Crippen LogP contribution in [0.1, 0.15) is 48.2 Å². The highest BCUT2D eigenvalue weighted by molar-refractivity contribution is 7.91. The van der Waals surface area contributed by atoms with Gasteiger partial charge < -0.3 is 5.73 Å². The van der Waals surface area contributed by atoms with Crippen molar-refractivity contribution in [2.75, 3.05) is 5.75 Å². The van der Waals surface area contributed by atoms with Gasteiger partial charge in [-0.3, -0.25) is 14.3 Å². The van der Waals surface area contributed by atoms with E-state index in [0.717, 1.165) is 18.7 Å². The molecule has 1 atom stereocenters. The van der Waals surface area contributed by atoms with Crippen molar-refractivity contribution in [2.45, 2.75) is 51.1 Å². The molecule has 7 nitrogen and oxygen atoms in total. The summed E-state index contributed by atoms with van der Waals surface area (Å²) in [6.07, 6.45) is -1.78. The van der Waals surface area contributed by atoms with E-state index in [0.29, 0.717) is 23.3 Å². The van der Waals surface area contributed by atoms with Crippen LogP contribution in [0, 0.1) is 18.7 Å². The lowest BCUT2D eigenvalue weighted by Crippen LogP contribution is -2.20. The maximum absolute atomic E-state index is 14.8. The number of fused-ring (bicyclic) bond motifs is 1. The Morgan fingerprint density at radius 3 is 2.38 bits per heavy atom. The molecule has 1 amide bonds. The van der Waals surface area contributed by atoms with Crippen LogP contribution < -0.4 is 5.73 Å². The third-order valence-corrected chi connectivity index (χ3v) is 8.62. The zero-order chi connectivity index (χ0) is 29.4. The molecule has 0 aliphatic carbocycles. The summed E-state index contributed by atoms with van der Waals surface area (Å²) in [5.41, 5.74) is 7.90. The van der Waals surface area contributed by atoms with Crippen molar-refractivity contribution in [3.8, 4) is 17.2 Å². The second kappa shape index (κ2) is 11.0. The van der Waals surface area contributed by atoms with E-state index >= 15 is 0 Å². The van der Waals surface area contributed by atoms with Gasteiger partial charge in [0.15, 0.2) is 9.84 Å². The maximum atomic E-state index is 14.8. The maximum Gasteiger partial charge on any atom is 0.391 e. The van der Waals surface area contributed by atoms with Gasteiger partial charge in [0.2, 0.25) is 0 Å². The lowest BCUT2D eigenvalue weighted by atomic mass is 10.0. The number of hydrogen-bond donors (Lipinski definition) is 1. The van der Waals surface area contributed by atoms with Crippen LogP contribution in [0.15, 0.2) is 53.7 Å². The van der Waals surface area contributed by atoms with E-state index in [1.807, 2.05) is 13.0 Å². The number of pyridine rings is 2. The van der Waals surface area contributed by atoms with E-state index in [-0.39, 0.29) is 40.1 Å².